The number of nitrogens with two attached hydrogens (primary N) is 1. The Morgan fingerprint density at radius 1 is 1.38 bits per heavy atom. The van der Waals surface area contributed by atoms with Crippen LogP contribution in [0.1, 0.15) is 49.4 Å². The van der Waals surface area contributed by atoms with Gasteiger partial charge in [0.2, 0.25) is 0 Å². The van der Waals surface area contributed by atoms with Crippen LogP contribution in [0.2, 0.25) is 0 Å². The number of carboxylic acid groups (broad SMARTS) is 1. The smallest absolute Gasteiger partial charge is 0.339 e. The van der Waals surface area contributed by atoms with Crippen molar-refractivity contribution in [2.24, 2.45) is 5.92 Å². The quantitative estimate of drug-likeness (QED) is 0.484. The molecule has 1 fully saturated rings. The number of nitrogen functional groups attached to an aromatic ring is 1. The number of halogens is 1. The molecule has 144 valence electrons. The number of likely N-dealkylation sites (tertiary alicyclic amines) is 1. The maximum Gasteiger partial charge on any atom is 0.339 e. The Labute approximate surface area is 168 Å². The van der Waals surface area contributed by atoms with Crippen LogP contribution in [0.3, 0.4) is 0 Å². The number of piperidine rings is 1. The fourth-order valence-electron chi connectivity index (χ4n) is 3.73. The fourth-order valence-corrected chi connectivity index (χ4v) is 4.29. The molecule has 1 aromatic carbocycles. The van der Waals surface area contributed by atoms with Gasteiger partial charge in [0.25, 0.3) is 0 Å². The normalized spacial score (nSPS) is 20.9. The molecule has 0 spiro atoms. The molecule has 0 saturated carbocycles. The Balaban J connectivity index is 1.62. The van der Waals surface area contributed by atoms with E-state index >= 15 is 0 Å². The van der Waals surface area contributed by atoms with Crippen LogP contribution in [0, 0.1) is 9.49 Å². The molecule has 3 rings (SSSR count). The van der Waals surface area contributed by atoms with Crippen LogP contribution in [-0.2, 0) is 0 Å². The van der Waals surface area contributed by atoms with E-state index in [-0.39, 0.29) is 17.4 Å². The van der Waals surface area contributed by atoms with Gasteiger partial charge >= 0.3 is 5.97 Å². The number of carbonyl (C=O) groups is 1. The Hall–Kier alpha value is -1.22. The summed E-state index contributed by atoms with van der Waals surface area (Å²) in [5.74, 6) is 0.249. The molecule has 1 aromatic rings. The summed E-state index contributed by atoms with van der Waals surface area (Å²) in [5, 5.41) is 9.39. The van der Waals surface area contributed by atoms with Crippen molar-refractivity contribution in [2.45, 2.75) is 45.1 Å². The third-order valence-corrected chi connectivity index (χ3v) is 6.18. The minimum Gasteiger partial charge on any atom is -0.485 e. The molecule has 0 amide bonds. The highest BCUT2D eigenvalue weighted by molar-refractivity contribution is 14.1. The van der Waals surface area contributed by atoms with Gasteiger partial charge in [0.1, 0.15) is 18.3 Å². The molecule has 6 nitrogen and oxygen atoms in total. The first kappa shape index (κ1) is 19.5. The van der Waals surface area contributed by atoms with Gasteiger partial charge in [-0.2, -0.15) is 0 Å². The number of nitrogens with zero attached hydrogens (tertiary/aromatic N) is 1. The van der Waals surface area contributed by atoms with Gasteiger partial charge in [0.15, 0.2) is 11.5 Å². The fraction of sp³-hybridized carbons (Fsp3) is 0.632. The Kier molecular flexibility index (Phi) is 6.50. The molecular formula is C19H27IN2O4. The highest BCUT2D eigenvalue weighted by Gasteiger charge is 2.31. The molecule has 2 aliphatic heterocycles. The standard InChI is InChI=1S/C19H27IN2O4/c1-2-3-6-22-7-4-12(5-8-22)9-13-11-25-17-14(19(23)24)10-15(20)16(21)18(17)26-13/h10,12-13H,2-9,11,21H2,1H3,(H,23,24). The van der Waals surface area contributed by atoms with Crippen LogP contribution < -0.4 is 15.2 Å². The number of benzene rings is 1. The number of unbranched alkanes of at least 4 members (excludes halogenated alkanes) is 1. The van der Waals surface area contributed by atoms with Crippen molar-refractivity contribution in [3.8, 4) is 11.5 Å². The molecule has 1 saturated heterocycles. The van der Waals surface area contributed by atoms with E-state index < -0.39 is 5.97 Å². The highest BCUT2D eigenvalue weighted by Crippen LogP contribution is 2.43. The molecule has 0 bridgehead atoms. The van der Waals surface area contributed by atoms with Crippen LogP contribution in [0.5, 0.6) is 11.5 Å². The summed E-state index contributed by atoms with van der Waals surface area (Å²) in [6.07, 6.45) is 5.72. The lowest BCUT2D eigenvalue weighted by molar-refractivity contribution is 0.0550. The van der Waals surface area contributed by atoms with E-state index in [9.17, 15) is 9.90 Å². The SMILES string of the molecule is CCCCN1CCC(CC2COc3c(C(=O)O)cc(I)c(N)c3O2)CC1. The minimum absolute atomic E-state index is 0.0724. The van der Waals surface area contributed by atoms with Gasteiger partial charge in [-0.05, 0) is 79.9 Å². The van der Waals surface area contributed by atoms with Crippen molar-refractivity contribution in [1.82, 2.24) is 4.90 Å². The third kappa shape index (κ3) is 4.36. The number of hydrogen-bond acceptors (Lipinski definition) is 5. The van der Waals surface area contributed by atoms with Gasteiger partial charge in [-0.15, -0.1) is 0 Å². The van der Waals surface area contributed by atoms with Gasteiger partial charge < -0.3 is 25.2 Å². The zero-order chi connectivity index (χ0) is 18.7. The minimum atomic E-state index is -1.03. The zero-order valence-electron chi connectivity index (χ0n) is 15.2. The Morgan fingerprint density at radius 3 is 2.77 bits per heavy atom. The summed E-state index contributed by atoms with van der Waals surface area (Å²) >= 11 is 2.04. The summed E-state index contributed by atoms with van der Waals surface area (Å²) in [6.45, 7) is 6.11. The Bertz CT molecular complexity index is 659. The van der Waals surface area contributed by atoms with E-state index in [1.54, 1.807) is 0 Å². The van der Waals surface area contributed by atoms with Gasteiger partial charge in [-0.3, -0.25) is 0 Å². The first-order valence-corrected chi connectivity index (χ1v) is 10.4. The second-order valence-corrected chi connectivity index (χ2v) is 8.37. The summed E-state index contributed by atoms with van der Waals surface area (Å²) in [4.78, 5) is 14.0. The monoisotopic (exact) mass is 474 g/mol. The van der Waals surface area contributed by atoms with Crippen LogP contribution in [0.15, 0.2) is 6.07 Å². The van der Waals surface area contributed by atoms with Crippen molar-refractivity contribution in [3.05, 3.63) is 15.2 Å². The topological polar surface area (TPSA) is 85.0 Å². The number of ether oxygens (including phenoxy) is 2. The molecule has 0 aromatic heterocycles. The maximum atomic E-state index is 11.5. The average molecular weight is 474 g/mol. The van der Waals surface area contributed by atoms with Gasteiger partial charge in [0, 0.05) is 3.57 Å². The summed E-state index contributed by atoms with van der Waals surface area (Å²) in [5.41, 5.74) is 6.70. The zero-order valence-corrected chi connectivity index (χ0v) is 17.3. The lowest BCUT2D eigenvalue weighted by Crippen LogP contribution is -2.38. The second kappa shape index (κ2) is 8.65. The van der Waals surface area contributed by atoms with Crippen molar-refractivity contribution in [2.75, 3.05) is 32.0 Å². The predicted molar refractivity (Wildman–Crippen MR) is 109 cm³/mol. The summed E-state index contributed by atoms with van der Waals surface area (Å²) < 4.78 is 12.6. The number of rotatable bonds is 6. The lowest BCUT2D eigenvalue weighted by atomic mass is 9.91. The van der Waals surface area contributed by atoms with Crippen LogP contribution in [-0.4, -0.2) is 48.3 Å². The maximum absolute atomic E-state index is 11.5. The molecule has 2 heterocycles. The van der Waals surface area contributed by atoms with Gasteiger partial charge in [0.05, 0.1) is 5.69 Å². The molecule has 0 aliphatic carbocycles. The van der Waals surface area contributed by atoms with Crippen molar-refractivity contribution >= 4 is 34.2 Å². The molecule has 1 atom stereocenters. The molecule has 1 unspecified atom stereocenters. The molecule has 3 N–H and O–H groups in total. The number of hydrogen-bond donors (Lipinski definition) is 2. The molecule has 26 heavy (non-hydrogen) atoms. The van der Waals surface area contributed by atoms with E-state index in [1.807, 2.05) is 22.6 Å². The first-order chi connectivity index (χ1) is 12.5. The molecule has 2 aliphatic rings. The highest BCUT2D eigenvalue weighted by atomic mass is 127. The largest absolute Gasteiger partial charge is 0.485 e. The Morgan fingerprint density at radius 2 is 2.12 bits per heavy atom. The number of fused-ring (bicyclic) bond motifs is 1. The number of anilines is 1. The van der Waals surface area contributed by atoms with Crippen molar-refractivity contribution < 1.29 is 19.4 Å². The average Bonchev–Trinajstić information content (AvgIpc) is 2.64. The molecule has 0 radical (unpaired) electrons. The molecular weight excluding hydrogens is 447 g/mol. The molecule has 7 heteroatoms. The van der Waals surface area contributed by atoms with E-state index in [2.05, 4.69) is 11.8 Å². The predicted octanol–water partition coefficient (Wildman–Crippen LogP) is 3.61. The van der Waals surface area contributed by atoms with E-state index in [0.717, 1.165) is 19.5 Å². The van der Waals surface area contributed by atoms with Crippen LogP contribution in [0.25, 0.3) is 0 Å². The number of aromatic carboxylic acids is 1. The summed E-state index contributed by atoms with van der Waals surface area (Å²) in [6, 6.07) is 1.53. The van der Waals surface area contributed by atoms with E-state index in [0.29, 0.717) is 27.5 Å². The lowest BCUT2D eigenvalue weighted by Gasteiger charge is -2.35. The summed E-state index contributed by atoms with van der Waals surface area (Å²) in [7, 11) is 0. The van der Waals surface area contributed by atoms with Crippen LogP contribution >= 0.6 is 22.6 Å². The third-order valence-electron chi connectivity index (χ3n) is 5.28. The van der Waals surface area contributed by atoms with Crippen molar-refractivity contribution in [1.29, 1.82) is 0 Å². The van der Waals surface area contributed by atoms with Crippen molar-refractivity contribution in [3.63, 3.8) is 0 Å². The van der Waals surface area contributed by atoms with E-state index in [4.69, 9.17) is 15.2 Å². The first-order valence-electron chi connectivity index (χ1n) is 9.36. The van der Waals surface area contributed by atoms with Gasteiger partial charge in [-0.1, -0.05) is 13.3 Å². The van der Waals surface area contributed by atoms with Crippen LogP contribution in [0.4, 0.5) is 5.69 Å². The number of carboxylic acids is 1. The second-order valence-electron chi connectivity index (χ2n) is 7.21. The van der Waals surface area contributed by atoms with Gasteiger partial charge in [-0.25, -0.2) is 4.79 Å². The van der Waals surface area contributed by atoms with E-state index in [1.165, 1.54) is 38.3 Å².